The van der Waals surface area contributed by atoms with Crippen molar-refractivity contribution in [1.82, 2.24) is 5.32 Å². The maximum absolute atomic E-state index is 11.1. The van der Waals surface area contributed by atoms with Crippen LogP contribution in [0.5, 0.6) is 0 Å². The molecule has 1 atom stereocenters. The lowest BCUT2D eigenvalue weighted by Crippen LogP contribution is -2.29. The molecular weight excluding hydrogens is 194 g/mol. The molecule has 1 amide bonds. The fourth-order valence-corrected chi connectivity index (χ4v) is 1.54. The van der Waals surface area contributed by atoms with Crippen LogP contribution < -0.4 is 5.32 Å². The Kier molecular flexibility index (Phi) is 2.67. The summed E-state index contributed by atoms with van der Waals surface area (Å²) in [5.41, 5.74) is 1.14. The Morgan fingerprint density at radius 1 is 1.20 bits per heavy atom. The normalized spacial score (nSPS) is 19.9. The number of esters is 1. The molecule has 1 fully saturated rings. The molecule has 0 aliphatic carbocycles. The van der Waals surface area contributed by atoms with Crippen molar-refractivity contribution in [2.24, 2.45) is 0 Å². The minimum absolute atomic E-state index is 0.476. The van der Waals surface area contributed by atoms with Crippen molar-refractivity contribution in [3.8, 4) is 0 Å². The van der Waals surface area contributed by atoms with Gasteiger partial charge in [0.25, 0.3) is 0 Å². The molecule has 4 nitrogen and oxygen atoms in total. The van der Waals surface area contributed by atoms with Gasteiger partial charge >= 0.3 is 12.1 Å². The Morgan fingerprint density at radius 2 is 1.93 bits per heavy atom. The number of amides is 1. The van der Waals surface area contributed by atoms with Gasteiger partial charge in [-0.2, -0.15) is 0 Å². The number of benzene rings is 1. The summed E-state index contributed by atoms with van der Waals surface area (Å²) in [7, 11) is 0. The number of carbonyl (C=O) groups excluding carboxylic acids is 2. The standard InChI is InChI=1S/C11H11NO3/c13-10-9(12-11(14)15-10)7-6-8-4-2-1-3-5-8/h1-5,9H,6-7H2,(H,12,14). The SMILES string of the molecule is O=C1NC(CCc2ccccc2)C(=O)O1. The average molecular weight is 205 g/mol. The summed E-state index contributed by atoms with van der Waals surface area (Å²) in [6.45, 7) is 0. The molecular formula is C11H11NO3. The monoisotopic (exact) mass is 205 g/mol. The van der Waals surface area contributed by atoms with Gasteiger partial charge in [0.2, 0.25) is 0 Å². The second-order valence-electron chi connectivity index (χ2n) is 3.43. The lowest BCUT2D eigenvalue weighted by atomic mass is 10.1. The van der Waals surface area contributed by atoms with Crippen molar-refractivity contribution in [3.05, 3.63) is 35.9 Å². The van der Waals surface area contributed by atoms with Crippen molar-refractivity contribution in [2.45, 2.75) is 18.9 Å². The van der Waals surface area contributed by atoms with Gasteiger partial charge < -0.3 is 10.1 Å². The molecule has 4 heteroatoms. The summed E-state index contributed by atoms with van der Waals surface area (Å²) in [5, 5.41) is 2.46. The number of hydrogen-bond acceptors (Lipinski definition) is 3. The van der Waals surface area contributed by atoms with Crippen LogP contribution >= 0.6 is 0 Å². The zero-order valence-electron chi connectivity index (χ0n) is 8.10. The van der Waals surface area contributed by atoms with Crippen LogP contribution in [0.1, 0.15) is 12.0 Å². The Labute approximate surface area is 87.2 Å². The summed E-state index contributed by atoms with van der Waals surface area (Å²) in [5.74, 6) is -0.476. The van der Waals surface area contributed by atoms with Gasteiger partial charge in [0.05, 0.1) is 0 Å². The van der Waals surface area contributed by atoms with Gasteiger partial charge in [-0.3, -0.25) is 0 Å². The van der Waals surface area contributed by atoms with E-state index in [9.17, 15) is 9.59 Å². The highest BCUT2D eigenvalue weighted by Crippen LogP contribution is 2.09. The zero-order chi connectivity index (χ0) is 10.7. The van der Waals surface area contributed by atoms with Crippen molar-refractivity contribution in [1.29, 1.82) is 0 Å². The molecule has 1 heterocycles. The van der Waals surface area contributed by atoms with E-state index in [-0.39, 0.29) is 0 Å². The highest BCUT2D eigenvalue weighted by molar-refractivity contribution is 5.95. The summed E-state index contributed by atoms with van der Waals surface area (Å²) in [4.78, 5) is 21.8. The van der Waals surface area contributed by atoms with Crippen LogP contribution in [-0.4, -0.2) is 18.1 Å². The molecule has 1 aliphatic rings. The van der Waals surface area contributed by atoms with Crippen molar-refractivity contribution in [2.75, 3.05) is 0 Å². The quantitative estimate of drug-likeness (QED) is 0.597. The van der Waals surface area contributed by atoms with Gasteiger partial charge in [-0.1, -0.05) is 30.3 Å². The van der Waals surface area contributed by atoms with Crippen LogP contribution in [0.2, 0.25) is 0 Å². The number of alkyl carbamates (subject to hydrolysis) is 1. The number of hydrogen-bond donors (Lipinski definition) is 1. The lowest BCUT2D eigenvalue weighted by molar-refractivity contribution is -0.135. The third-order valence-corrected chi connectivity index (χ3v) is 2.33. The highest BCUT2D eigenvalue weighted by atomic mass is 16.6. The summed E-state index contributed by atoms with van der Waals surface area (Å²) >= 11 is 0. The van der Waals surface area contributed by atoms with E-state index in [0.29, 0.717) is 6.42 Å². The number of nitrogens with one attached hydrogen (secondary N) is 1. The van der Waals surface area contributed by atoms with E-state index < -0.39 is 18.1 Å². The van der Waals surface area contributed by atoms with E-state index in [1.807, 2.05) is 30.3 Å². The average Bonchev–Trinajstić information content (AvgIpc) is 2.56. The first-order valence-electron chi connectivity index (χ1n) is 4.82. The molecule has 0 radical (unpaired) electrons. The molecule has 1 saturated heterocycles. The van der Waals surface area contributed by atoms with Gasteiger partial charge in [-0.25, -0.2) is 9.59 Å². The van der Waals surface area contributed by atoms with Gasteiger partial charge in [-0.15, -0.1) is 0 Å². The molecule has 1 aliphatic heterocycles. The molecule has 0 bridgehead atoms. The van der Waals surface area contributed by atoms with Gasteiger partial charge in [0.1, 0.15) is 6.04 Å². The molecule has 1 N–H and O–H groups in total. The number of ether oxygens (including phenoxy) is 1. The van der Waals surface area contributed by atoms with Crippen LogP contribution in [0.15, 0.2) is 30.3 Å². The van der Waals surface area contributed by atoms with E-state index in [4.69, 9.17) is 0 Å². The zero-order valence-corrected chi connectivity index (χ0v) is 8.10. The molecule has 1 aromatic rings. The smallest absolute Gasteiger partial charge is 0.375 e. The summed E-state index contributed by atoms with van der Waals surface area (Å²) in [6.07, 6.45) is 0.688. The van der Waals surface area contributed by atoms with Crippen molar-refractivity contribution >= 4 is 12.1 Å². The molecule has 78 valence electrons. The van der Waals surface area contributed by atoms with Crippen LogP contribution in [0, 0.1) is 0 Å². The van der Waals surface area contributed by atoms with Crippen molar-refractivity contribution in [3.63, 3.8) is 0 Å². The molecule has 0 spiro atoms. The first-order valence-corrected chi connectivity index (χ1v) is 4.82. The third kappa shape index (κ3) is 2.34. The van der Waals surface area contributed by atoms with E-state index in [1.165, 1.54) is 0 Å². The Bertz CT molecular complexity index is 375. The topological polar surface area (TPSA) is 55.4 Å². The Hall–Kier alpha value is -1.84. The molecule has 0 saturated carbocycles. The van der Waals surface area contributed by atoms with Crippen LogP contribution in [-0.2, 0) is 16.0 Å². The van der Waals surface area contributed by atoms with Crippen LogP contribution in [0.3, 0.4) is 0 Å². The van der Waals surface area contributed by atoms with E-state index in [1.54, 1.807) is 0 Å². The highest BCUT2D eigenvalue weighted by Gasteiger charge is 2.31. The van der Waals surface area contributed by atoms with Gasteiger partial charge in [0.15, 0.2) is 0 Å². The number of rotatable bonds is 3. The second kappa shape index (κ2) is 4.13. The molecule has 1 unspecified atom stereocenters. The Balaban J connectivity index is 1.89. The van der Waals surface area contributed by atoms with Crippen molar-refractivity contribution < 1.29 is 14.3 Å². The van der Waals surface area contributed by atoms with E-state index >= 15 is 0 Å². The van der Waals surface area contributed by atoms with E-state index in [2.05, 4.69) is 10.1 Å². The molecule has 1 aromatic carbocycles. The van der Waals surface area contributed by atoms with Gasteiger partial charge in [-0.05, 0) is 18.4 Å². The minimum Gasteiger partial charge on any atom is -0.375 e. The van der Waals surface area contributed by atoms with E-state index in [0.717, 1.165) is 12.0 Å². The number of cyclic esters (lactones) is 2. The fourth-order valence-electron chi connectivity index (χ4n) is 1.54. The Morgan fingerprint density at radius 3 is 2.53 bits per heavy atom. The number of carbonyl (C=O) groups is 2. The predicted molar refractivity (Wildman–Crippen MR) is 53.2 cm³/mol. The summed E-state index contributed by atoms with van der Waals surface area (Å²) in [6, 6.07) is 9.32. The predicted octanol–water partition coefficient (Wildman–Crippen LogP) is 1.25. The largest absolute Gasteiger partial charge is 0.415 e. The minimum atomic E-state index is -0.641. The van der Waals surface area contributed by atoms with Gasteiger partial charge in [0, 0.05) is 0 Å². The fraction of sp³-hybridized carbons (Fsp3) is 0.273. The molecule has 2 rings (SSSR count). The molecule has 0 aromatic heterocycles. The first kappa shape index (κ1) is 9.71. The first-order chi connectivity index (χ1) is 7.25. The van der Waals surface area contributed by atoms with Crippen LogP contribution in [0.4, 0.5) is 4.79 Å². The maximum Gasteiger partial charge on any atom is 0.415 e. The van der Waals surface area contributed by atoms with Crippen LogP contribution in [0.25, 0.3) is 0 Å². The third-order valence-electron chi connectivity index (χ3n) is 2.33. The molecule has 15 heavy (non-hydrogen) atoms. The second-order valence-corrected chi connectivity index (χ2v) is 3.43. The number of aryl methyl sites for hydroxylation is 1. The lowest BCUT2D eigenvalue weighted by Gasteiger charge is -2.04. The maximum atomic E-state index is 11.1. The summed E-state index contributed by atoms with van der Waals surface area (Å²) < 4.78 is 4.37.